The van der Waals surface area contributed by atoms with E-state index in [0.717, 1.165) is 9.87 Å². The molecule has 3 rings (SSSR count). The second kappa shape index (κ2) is 8.85. The highest BCUT2D eigenvalue weighted by atomic mass is 32.2. The van der Waals surface area contributed by atoms with Gasteiger partial charge in [-0.05, 0) is 31.1 Å². The van der Waals surface area contributed by atoms with Crippen LogP contribution >= 0.6 is 0 Å². The Morgan fingerprint density at radius 2 is 1.77 bits per heavy atom. The zero-order chi connectivity index (χ0) is 22.8. The summed E-state index contributed by atoms with van der Waals surface area (Å²) in [5.41, 5.74) is 2.20. The van der Waals surface area contributed by atoms with Crippen LogP contribution in [0.5, 0.6) is 11.5 Å². The van der Waals surface area contributed by atoms with Gasteiger partial charge >= 0.3 is 0 Å². The predicted molar refractivity (Wildman–Crippen MR) is 122 cm³/mol. The molecule has 7 nitrogen and oxygen atoms in total. The minimum atomic E-state index is -4.13. The fourth-order valence-corrected chi connectivity index (χ4v) is 5.34. The zero-order valence-corrected chi connectivity index (χ0v) is 18.8. The van der Waals surface area contributed by atoms with E-state index < -0.39 is 15.9 Å². The first-order chi connectivity index (χ1) is 14.8. The second-order valence-electron chi connectivity index (χ2n) is 7.11. The first-order valence-electron chi connectivity index (χ1n) is 9.73. The van der Waals surface area contributed by atoms with Gasteiger partial charge in [-0.3, -0.25) is 9.10 Å². The molecule has 0 aliphatic carbocycles. The highest BCUT2D eigenvalue weighted by Crippen LogP contribution is 2.44. The Morgan fingerprint density at radius 3 is 2.35 bits per heavy atom. The van der Waals surface area contributed by atoms with Crippen LogP contribution in [0, 0.1) is 0 Å². The Kier molecular flexibility index (Phi) is 6.40. The van der Waals surface area contributed by atoms with Crippen molar-refractivity contribution < 1.29 is 22.7 Å². The number of carbonyl (C=O) groups is 1. The SMILES string of the molecule is C=CCN1c2cc(OC)c(OC)cc2C(C)=C(C(=O)N[C@H](C)c2ccccc2)S1(=O)=O. The molecule has 1 N–H and O–H groups in total. The van der Waals surface area contributed by atoms with Crippen LogP contribution in [0.2, 0.25) is 0 Å². The number of methoxy groups -OCH3 is 2. The lowest BCUT2D eigenvalue weighted by Gasteiger charge is -2.32. The van der Waals surface area contributed by atoms with Gasteiger partial charge in [0.25, 0.3) is 15.9 Å². The van der Waals surface area contributed by atoms with E-state index in [1.807, 2.05) is 37.3 Å². The average Bonchev–Trinajstić information content (AvgIpc) is 2.76. The van der Waals surface area contributed by atoms with Crippen molar-refractivity contribution in [3.8, 4) is 11.5 Å². The third kappa shape index (κ3) is 4.03. The quantitative estimate of drug-likeness (QED) is 0.662. The third-order valence-electron chi connectivity index (χ3n) is 5.21. The van der Waals surface area contributed by atoms with Crippen molar-refractivity contribution in [1.82, 2.24) is 5.32 Å². The van der Waals surface area contributed by atoms with Crippen molar-refractivity contribution in [2.75, 3.05) is 25.1 Å². The van der Waals surface area contributed by atoms with Crippen LogP contribution in [0.15, 0.2) is 60.0 Å². The number of hydrogen-bond donors (Lipinski definition) is 1. The molecule has 0 radical (unpaired) electrons. The molecule has 2 aromatic rings. The number of ether oxygens (including phenoxy) is 2. The molecule has 0 spiro atoms. The molecule has 0 aromatic heterocycles. The Morgan fingerprint density at radius 1 is 1.16 bits per heavy atom. The Labute approximate surface area is 183 Å². The number of nitrogens with one attached hydrogen (secondary N) is 1. The Hall–Kier alpha value is -3.26. The molecule has 1 heterocycles. The van der Waals surface area contributed by atoms with E-state index in [4.69, 9.17) is 9.47 Å². The number of carbonyl (C=O) groups excluding carboxylic acids is 1. The number of rotatable bonds is 7. The van der Waals surface area contributed by atoms with Crippen molar-refractivity contribution in [3.05, 3.63) is 71.2 Å². The fraction of sp³-hybridized carbons (Fsp3) is 0.261. The van der Waals surface area contributed by atoms with Gasteiger partial charge in [-0.25, -0.2) is 8.42 Å². The van der Waals surface area contributed by atoms with E-state index in [1.165, 1.54) is 20.3 Å². The number of sulfonamides is 1. The van der Waals surface area contributed by atoms with Gasteiger partial charge in [0, 0.05) is 11.6 Å². The number of amides is 1. The average molecular weight is 443 g/mol. The minimum absolute atomic E-state index is 0.00309. The van der Waals surface area contributed by atoms with Gasteiger partial charge in [0.1, 0.15) is 0 Å². The highest BCUT2D eigenvalue weighted by molar-refractivity contribution is 7.97. The van der Waals surface area contributed by atoms with E-state index in [2.05, 4.69) is 11.9 Å². The molecule has 8 heteroatoms. The smallest absolute Gasteiger partial charge is 0.270 e. The monoisotopic (exact) mass is 442 g/mol. The first-order valence-corrected chi connectivity index (χ1v) is 11.2. The normalized spacial score (nSPS) is 15.7. The van der Waals surface area contributed by atoms with Gasteiger partial charge in [0.05, 0.1) is 32.5 Å². The molecular formula is C23H26N2O5S. The summed E-state index contributed by atoms with van der Waals surface area (Å²) in [6.07, 6.45) is 1.47. The third-order valence-corrected chi connectivity index (χ3v) is 7.15. The first kappa shape index (κ1) is 22.4. The maximum Gasteiger partial charge on any atom is 0.270 e. The van der Waals surface area contributed by atoms with Crippen LogP contribution in [0.1, 0.15) is 31.0 Å². The van der Waals surface area contributed by atoms with Gasteiger partial charge in [0.15, 0.2) is 16.4 Å². The maximum absolute atomic E-state index is 13.5. The van der Waals surface area contributed by atoms with Crippen LogP contribution in [0.3, 0.4) is 0 Å². The molecule has 0 saturated heterocycles. The molecule has 1 aliphatic rings. The van der Waals surface area contributed by atoms with E-state index in [1.54, 1.807) is 19.1 Å². The van der Waals surface area contributed by atoms with Crippen LogP contribution in [-0.2, 0) is 14.8 Å². The molecule has 0 unspecified atom stereocenters. The summed E-state index contributed by atoms with van der Waals surface area (Å²) in [5, 5.41) is 2.81. The van der Waals surface area contributed by atoms with Gasteiger partial charge in [-0.2, -0.15) is 0 Å². The molecule has 0 bridgehead atoms. The lowest BCUT2D eigenvalue weighted by atomic mass is 10.0. The summed E-state index contributed by atoms with van der Waals surface area (Å²) in [4.78, 5) is 12.9. The molecule has 0 fully saturated rings. The second-order valence-corrected chi connectivity index (χ2v) is 8.91. The summed E-state index contributed by atoms with van der Waals surface area (Å²) >= 11 is 0. The summed E-state index contributed by atoms with van der Waals surface area (Å²) in [6, 6.07) is 12.3. The summed E-state index contributed by atoms with van der Waals surface area (Å²) in [7, 11) is -1.15. The standard InChI is InChI=1S/C23H26N2O5S/c1-6-12-25-19-14-21(30-5)20(29-4)13-18(19)15(2)22(31(25,27)28)23(26)24-16(3)17-10-8-7-9-11-17/h6-11,13-14,16H,1,12H2,2-5H3,(H,24,26)/t16-/m1/s1. The lowest BCUT2D eigenvalue weighted by molar-refractivity contribution is -0.117. The summed E-state index contributed by atoms with van der Waals surface area (Å²) in [6.45, 7) is 7.10. The Bertz CT molecular complexity index is 1140. The molecule has 164 valence electrons. The number of anilines is 1. The van der Waals surface area contributed by atoms with Crippen LogP contribution in [-0.4, -0.2) is 35.1 Å². The van der Waals surface area contributed by atoms with Crippen molar-refractivity contribution in [2.45, 2.75) is 19.9 Å². The van der Waals surface area contributed by atoms with Crippen molar-refractivity contribution in [3.63, 3.8) is 0 Å². The maximum atomic E-state index is 13.5. The number of fused-ring (bicyclic) bond motifs is 1. The molecule has 0 saturated carbocycles. The number of nitrogens with zero attached hydrogens (tertiary/aromatic N) is 1. The molecule has 2 aromatic carbocycles. The molecule has 1 aliphatic heterocycles. The van der Waals surface area contributed by atoms with Crippen LogP contribution < -0.4 is 19.1 Å². The van der Waals surface area contributed by atoms with Crippen LogP contribution in [0.4, 0.5) is 5.69 Å². The highest BCUT2D eigenvalue weighted by Gasteiger charge is 2.40. The topological polar surface area (TPSA) is 84.9 Å². The Balaban J connectivity index is 2.14. The van der Waals surface area contributed by atoms with Crippen molar-refractivity contribution >= 4 is 27.2 Å². The summed E-state index contributed by atoms with van der Waals surface area (Å²) < 4.78 is 38.8. The molecule has 1 atom stereocenters. The predicted octanol–water partition coefficient (Wildman–Crippen LogP) is 3.65. The fourth-order valence-electron chi connectivity index (χ4n) is 3.62. The number of hydrogen-bond acceptors (Lipinski definition) is 5. The van der Waals surface area contributed by atoms with Crippen molar-refractivity contribution in [1.29, 1.82) is 0 Å². The van der Waals surface area contributed by atoms with E-state index in [0.29, 0.717) is 28.3 Å². The number of benzene rings is 2. The van der Waals surface area contributed by atoms with E-state index >= 15 is 0 Å². The zero-order valence-electron chi connectivity index (χ0n) is 18.0. The molecule has 1 amide bonds. The van der Waals surface area contributed by atoms with Crippen molar-refractivity contribution in [2.24, 2.45) is 0 Å². The lowest BCUT2D eigenvalue weighted by Crippen LogP contribution is -2.41. The van der Waals surface area contributed by atoms with Gasteiger partial charge in [0.2, 0.25) is 0 Å². The largest absolute Gasteiger partial charge is 0.493 e. The van der Waals surface area contributed by atoms with Crippen LogP contribution in [0.25, 0.3) is 5.57 Å². The van der Waals surface area contributed by atoms with Gasteiger partial charge in [-0.15, -0.1) is 6.58 Å². The van der Waals surface area contributed by atoms with Gasteiger partial charge in [-0.1, -0.05) is 36.4 Å². The van der Waals surface area contributed by atoms with E-state index in [-0.39, 0.29) is 17.5 Å². The molecular weight excluding hydrogens is 416 g/mol. The van der Waals surface area contributed by atoms with Gasteiger partial charge < -0.3 is 14.8 Å². The van der Waals surface area contributed by atoms with E-state index in [9.17, 15) is 13.2 Å². The number of allylic oxidation sites excluding steroid dienone is 1. The minimum Gasteiger partial charge on any atom is -0.493 e. The summed E-state index contributed by atoms with van der Waals surface area (Å²) in [5.74, 6) is 0.170. The molecule has 31 heavy (non-hydrogen) atoms.